The highest BCUT2D eigenvalue weighted by molar-refractivity contribution is 9.10. The molecule has 1 N–H and O–H groups in total. The molecular weight excluding hydrogens is 440 g/mol. The van der Waals surface area contributed by atoms with Crippen LogP contribution in [0.25, 0.3) is 0 Å². The van der Waals surface area contributed by atoms with Gasteiger partial charge in [0.25, 0.3) is 0 Å². The first-order valence-electron chi connectivity index (χ1n) is 8.66. The first kappa shape index (κ1) is 20.4. The number of aromatic nitrogens is 3. The van der Waals surface area contributed by atoms with E-state index in [0.717, 1.165) is 32.9 Å². The number of amides is 1. The lowest BCUT2D eigenvalue weighted by Gasteiger charge is -2.07. The molecule has 0 aliphatic carbocycles. The molecule has 0 spiro atoms. The zero-order chi connectivity index (χ0) is 20.1. The van der Waals surface area contributed by atoms with Crippen LogP contribution in [0.4, 0.5) is 5.69 Å². The largest absolute Gasteiger partial charge is 0.497 e. The molecule has 0 unspecified atom stereocenters. The Morgan fingerprint density at radius 3 is 2.64 bits per heavy atom. The number of ether oxygens (including phenoxy) is 1. The van der Waals surface area contributed by atoms with Gasteiger partial charge in [0.15, 0.2) is 5.16 Å². The molecule has 0 atom stereocenters. The molecule has 0 saturated heterocycles. The maximum atomic E-state index is 12.2. The molecule has 2 aromatic carbocycles. The minimum absolute atomic E-state index is 0.0774. The van der Waals surface area contributed by atoms with Crippen molar-refractivity contribution in [2.45, 2.75) is 18.5 Å². The van der Waals surface area contributed by atoms with E-state index in [-0.39, 0.29) is 11.7 Å². The van der Waals surface area contributed by atoms with Crippen molar-refractivity contribution in [3.8, 4) is 5.75 Å². The summed E-state index contributed by atoms with van der Waals surface area (Å²) in [6, 6.07) is 13.6. The average Bonchev–Trinajstić information content (AvgIpc) is 3.03. The number of benzene rings is 2. The summed E-state index contributed by atoms with van der Waals surface area (Å²) in [6.07, 6.45) is 0.665. The van der Waals surface area contributed by atoms with E-state index in [9.17, 15) is 4.79 Å². The second kappa shape index (κ2) is 9.25. The molecule has 3 aromatic rings. The van der Waals surface area contributed by atoms with Gasteiger partial charge in [-0.3, -0.25) is 4.79 Å². The fourth-order valence-electron chi connectivity index (χ4n) is 2.60. The number of methoxy groups -OCH3 is 1. The normalized spacial score (nSPS) is 10.7. The molecule has 0 aliphatic heterocycles. The average molecular weight is 461 g/mol. The standard InChI is InChI=1S/C20H21BrN4O2S/c1-13-10-15(6-9-17(13)21)22-19(26)12-28-20-24-23-18(25(20)2)11-14-4-7-16(27-3)8-5-14/h4-10H,11-12H2,1-3H3,(H,22,26). The summed E-state index contributed by atoms with van der Waals surface area (Å²) in [5, 5.41) is 12.1. The summed E-state index contributed by atoms with van der Waals surface area (Å²) in [7, 11) is 3.56. The Hall–Kier alpha value is -2.32. The lowest BCUT2D eigenvalue weighted by molar-refractivity contribution is -0.113. The van der Waals surface area contributed by atoms with Gasteiger partial charge in [-0.2, -0.15) is 0 Å². The second-order valence-corrected chi connectivity index (χ2v) is 8.08. The number of hydrogen-bond acceptors (Lipinski definition) is 5. The Balaban J connectivity index is 1.57. The Kier molecular flexibility index (Phi) is 6.74. The third kappa shape index (κ3) is 5.14. The van der Waals surface area contributed by atoms with E-state index in [4.69, 9.17) is 4.74 Å². The van der Waals surface area contributed by atoms with Gasteiger partial charge in [-0.05, 0) is 48.4 Å². The molecule has 0 saturated carbocycles. The van der Waals surface area contributed by atoms with Crippen molar-refractivity contribution in [1.29, 1.82) is 0 Å². The molecule has 28 heavy (non-hydrogen) atoms. The van der Waals surface area contributed by atoms with Gasteiger partial charge in [0.05, 0.1) is 12.9 Å². The monoisotopic (exact) mass is 460 g/mol. The van der Waals surface area contributed by atoms with Crippen LogP contribution in [-0.4, -0.2) is 33.5 Å². The van der Waals surface area contributed by atoms with Crippen LogP contribution in [0.5, 0.6) is 5.75 Å². The van der Waals surface area contributed by atoms with E-state index >= 15 is 0 Å². The van der Waals surface area contributed by atoms with Crippen LogP contribution in [0.2, 0.25) is 0 Å². The first-order valence-corrected chi connectivity index (χ1v) is 10.4. The van der Waals surface area contributed by atoms with Gasteiger partial charge in [0.2, 0.25) is 5.91 Å². The smallest absolute Gasteiger partial charge is 0.234 e. The van der Waals surface area contributed by atoms with Crippen LogP contribution in [0.1, 0.15) is 17.0 Å². The van der Waals surface area contributed by atoms with Gasteiger partial charge in [-0.25, -0.2) is 0 Å². The maximum Gasteiger partial charge on any atom is 0.234 e. The number of nitrogens with zero attached hydrogens (tertiary/aromatic N) is 3. The van der Waals surface area contributed by atoms with Crippen molar-refractivity contribution in [3.63, 3.8) is 0 Å². The van der Waals surface area contributed by atoms with E-state index in [0.29, 0.717) is 11.6 Å². The third-order valence-electron chi connectivity index (χ3n) is 4.22. The predicted octanol–water partition coefficient (Wildman–Crippen LogP) is 4.22. The fraction of sp³-hybridized carbons (Fsp3) is 0.250. The number of carbonyl (C=O) groups excluding carboxylic acids is 1. The molecule has 0 fully saturated rings. The Morgan fingerprint density at radius 2 is 1.96 bits per heavy atom. The van der Waals surface area contributed by atoms with Crippen molar-refractivity contribution in [2.75, 3.05) is 18.2 Å². The van der Waals surface area contributed by atoms with Gasteiger partial charge in [0.1, 0.15) is 11.6 Å². The van der Waals surface area contributed by atoms with Gasteiger partial charge < -0.3 is 14.6 Å². The molecule has 0 aliphatic rings. The van der Waals surface area contributed by atoms with Crippen molar-refractivity contribution in [1.82, 2.24) is 14.8 Å². The number of rotatable bonds is 7. The number of halogens is 1. The molecule has 0 radical (unpaired) electrons. The van der Waals surface area contributed by atoms with Crippen LogP contribution in [0.15, 0.2) is 52.1 Å². The predicted molar refractivity (Wildman–Crippen MR) is 115 cm³/mol. The van der Waals surface area contributed by atoms with Gasteiger partial charge >= 0.3 is 0 Å². The van der Waals surface area contributed by atoms with Crippen molar-refractivity contribution < 1.29 is 9.53 Å². The summed E-state index contributed by atoms with van der Waals surface area (Å²) in [5.74, 6) is 1.86. The van der Waals surface area contributed by atoms with E-state index in [1.54, 1.807) is 7.11 Å². The zero-order valence-electron chi connectivity index (χ0n) is 15.9. The molecule has 146 valence electrons. The lowest BCUT2D eigenvalue weighted by atomic mass is 10.1. The molecule has 1 heterocycles. The van der Waals surface area contributed by atoms with Crippen LogP contribution < -0.4 is 10.1 Å². The van der Waals surface area contributed by atoms with Crippen LogP contribution in [-0.2, 0) is 18.3 Å². The molecule has 1 aromatic heterocycles. The first-order chi connectivity index (χ1) is 13.5. The number of anilines is 1. The quantitative estimate of drug-likeness (QED) is 0.534. The van der Waals surface area contributed by atoms with Crippen molar-refractivity contribution >= 4 is 39.3 Å². The van der Waals surface area contributed by atoms with Crippen LogP contribution in [0.3, 0.4) is 0 Å². The molecule has 0 bridgehead atoms. The summed E-state index contributed by atoms with van der Waals surface area (Å²) in [5.41, 5.74) is 2.97. The highest BCUT2D eigenvalue weighted by Crippen LogP contribution is 2.22. The summed E-state index contributed by atoms with van der Waals surface area (Å²) in [4.78, 5) is 12.2. The van der Waals surface area contributed by atoms with E-state index in [2.05, 4.69) is 31.4 Å². The molecule has 8 heteroatoms. The van der Waals surface area contributed by atoms with E-state index in [1.165, 1.54) is 11.8 Å². The van der Waals surface area contributed by atoms with Crippen molar-refractivity contribution in [3.05, 3.63) is 63.9 Å². The summed E-state index contributed by atoms with van der Waals surface area (Å²) < 4.78 is 8.12. The van der Waals surface area contributed by atoms with E-state index < -0.39 is 0 Å². The topological polar surface area (TPSA) is 69.0 Å². The summed E-state index contributed by atoms with van der Waals surface area (Å²) in [6.45, 7) is 1.98. The molecule has 3 rings (SSSR count). The number of hydrogen-bond donors (Lipinski definition) is 1. The van der Waals surface area contributed by atoms with E-state index in [1.807, 2.05) is 61.0 Å². The zero-order valence-corrected chi connectivity index (χ0v) is 18.3. The van der Waals surface area contributed by atoms with Gasteiger partial charge in [0, 0.05) is 23.6 Å². The number of thioether (sulfide) groups is 1. The van der Waals surface area contributed by atoms with Crippen LogP contribution in [0, 0.1) is 6.92 Å². The second-order valence-electron chi connectivity index (χ2n) is 6.28. The minimum atomic E-state index is -0.0774. The third-order valence-corrected chi connectivity index (χ3v) is 6.13. The SMILES string of the molecule is COc1ccc(Cc2nnc(SCC(=O)Nc3ccc(Br)c(C)c3)n2C)cc1. The molecule has 1 amide bonds. The van der Waals surface area contributed by atoms with Gasteiger partial charge in [-0.1, -0.05) is 39.8 Å². The van der Waals surface area contributed by atoms with Crippen molar-refractivity contribution in [2.24, 2.45) is 7.05 Å². The van der Waals surface area contributed by atoms with Crippen LogP contribution >= 0.6 is 27.7 Å². The lowest BCUT2D eigenvalue weighted by Crippen LogP contribution is -2.14. The highest BCUT2D eigenvalue weighted by atomic mass is 79.9. The minimum Gasteiger partial charge on any atom is -0.497 e. The Morgan fingerprint density at radius 1 is 1.21 bits per heavy atom. The number of carbonyl (C=O) groups is 1. The fourth-order valence-corrected chi connectivity index (χ4v) is 3.58. The molecular formula is C20H21BrN4O2S. The number of aryl methyl sites for hydroxylation is 1. The number of nitrogens with one attached hydrogen (secondary N) is 1. The Labute approximate surface area is 176 Å². The highest BCUT2D eigenvalue weighted by Gasteiger charge is 2.12. The summed E-state index contributed by atoms with van der Waals surface area (Å²) >= 11 is 4.82. The molecule has 6 nitrogen and oxygen atoms in total. The Bertz CT molecular complexity index is 973. The maximum absolute atomic E-state index is 12.2. The van der Waals surface area contributed by atoms with Gasteiger partial charge in [-0.15, -0.1) is 10.2 Å².